The molecule has 7 heteroatoms. The molecule has 0 unspecified atom stereocenters. The van der Waals surface area contributed by atoms with E-state index in [-0.39, 0.29) is 11.7 Å². The maximum absolute atomic E-state index is 12.5. The van der Waals surface area contributed by atoms with Crippen LogP contribution in [0.5, 0.6) is 0 Å². The normalized spacial score (nSPS) is 12.0. The number of anilines is 1. The third kappa shape index (κ3) is 4.56. The van der Waals surface area contributed by atoms with Crippen molar-refractivity contribution in [3.05, 3.63) is 59.1 Å². The lowest BCUT2D eigenvalue weighted by Gasteiger charge is -2.15. The van der Waals surface area contributed by atoms with Crippen molar-refractivity contribution in [1.29, 1.82) is 0 Å². The molecule has 28 heavy (non-hydrogen) atoms. The molecule has 0 saturated carbocycles. The topological polar surface area (TPSA) is 59.8 Å². The van der Waals surface area contributed by atoms with Gasteiger partial charge in [0, 0.05) is 18.3 Å². The van der Waals surface area contributed by atoms with E-state index in [1.807, 2.05) is 54.1 Å². The lowest BCUT2D eigenvalue weighted by Crippen LogP contribution is -2.16. The summed E-state index contributed by atoms with van der Waals surface area (Å²) in [4.78, 5) is 12.5. The van der Waals surface area contributed by atoms with Crippen LogP contribution in [0.15, 0.2) is 53.7 Å². The molecule has 0 aliphatic heterocycles. The number of nitrogens with one attached hydrogen (secondary N) is 1. The molecule has 0 spiro atoms. The van der Waals surface area contributed by atoms with Gasteiger partial charge in [0.25, 0.3) is 0 Å². The highest BCUT2D eigenvalue weighted by molar-refractivity contribution is 7.99. The SMILES string of the molecule is CC[C@@H](C)c1ccccc1NC(=O)CSc1nnc(-c2ccccc2Cl)n1C. The van der Waals surface area contributed by atoms with Crippen LogP contribution in [0.3, 0.4) is 0 Å². The third-order valence-electron chi connectivity index (χ3n) is 4.66. The van der Waals surface area contributed by atoms with Gasteiger partial charge in [0.05, 0.1) is 10.8 Å². The van der Waals surface area contributed by atoms with Crippen LogP contribution in [0, 0.1) is 0 Å². The maximum Gasteiger partial charge on any atom is 0.234 e. The summed E-state index contributed by atoms with van der Waals surface area (Å²) >= 11 is 7.61. The number of hydrogen-bond donors (Lipinski definition) is 1. The van der Waals surface area contributed by atoms with Crippen LogP contribution in [0.1, 0.15) is 31.7 Å². The Balaban J connectivity index is 1.67. The first-order valence-electron chi connectivity index (χ1n) is 9.17. The predicted octanol–water partition coefficient (Wildman–Crippen LogP) is 5.38. The fourth-order valence-electron chi connectivity index (χ4n) is 2.89. The first-order chi connectivity index (χ1) is 13.5. The van der Waals surface area contributed by atoms with Crippen molar-refractivity contribution in [3.63, 3.8) is 0 Å². The quantitative estimate of drug-likeness (QED) is 0.527. The second-order valence-corrected chi connectivity index (χ2v) is 7.93. The van der Waals surface area contributed by atoms with Gasteiger partial charge in [-0.2, -0.15) is 0 Å². The Kier molecular flexibility index (Phi) is 6.75. The molecule has 0 radical (unpaired) electrons. The summed E-state index contributed by atoms with van der Waals surface area (Å²) in [5.74, 6) is 1.25. The minimum Gasteiger partial charge on any atom is -0.325 e. The van der Waals surface area contributed by atoms with E-state index in [2.05, 4.69) is 35.4 Å². The Morgan fingerprint density at radius 1 is 1.18 bits per heavy atom. The second kappa shape index (κ2) is 9.26. The summed E-state index contributed by atoms with van der Waals surface area (Å²) < 4.78 is 1.85. The minimum atomic E-state index is -0.0666. The molecule has 1 amide bonds. The Morgan fingerprint density at radius 2 is 1.89 bits per heavy atom. The van der Waals surface area contributed by atoms with E-state index in [9.17, 15) is 4.79 Å². The molecule has 0 aliphatic carbocycles. The maximum atomic E-state index is 12.5. The van der Waals surface area contributed by atoms with Crippen LogP contribution < -0.4 is 5.32 Å². The minimum absolute atomic E-state index is 0.0666. The summed E-state index contributed by atoms with van der Waals surface area (Å²) in [6, 6.07) is 15.5. The monoisotopic (exact) mass is 414 g/mol. The second-order valence-electron chi connectivity index (χ2n) is 6.58. The van der Waals surface area contributed by atoms with E-state index in [4.69, 9.17) is 11.6 Å². The fourth-order valence-corrected chi connectivity index (χ4v) is 3.83. The standard InChI is InChI=1S/C21H23ClN4OS/c1-4-14(2)15-9-6-8-12-18(15)23-19(27)13-28-21-25-24-20(26(21)3)16-10-5-7-11-17(16)22/h5-12,14H,4,13H2,1-3H3,(H,23,27)/t14-/m1/s1. The van der Waals surface area contributed by atoms with Gasteiger partial charge < -0.3 is 9.88 Å². The molecule has 5 nitrogen and oxygen atoms in total. The highest BCUT2D eigenvalue weighted by Crippen LogP contribution is 2.29. The number of nitrogens with zero attached hydrogens (tertiary/aromatic N) is 3. The Labute approximate surface area is 174 Å². The first kappa shape index (κ1) is 20.4. The summed E-state index contributed by atoms with van der Waals surface area (Å²) in [7, 11) is 1.87. The van der Waals surface area contributed by atoms with Crippen molar-refractivity contribution >= 4 is 35.0 Å². The van der Waals surface area contributed by atoms with Gasteiger partial charge in [-0.25, -0.2) is 0 Å². The zero-order chi connectivity index (χ0) is 20.1. The summed E-state index contributed by atoms with van der Waals surface area (Å²) in [6.45, 7) is 4.30. The number of carbonyl (C=O) groups excluding carboxylic acids is 1. The molecule has 1 heterocycles. The van der Waals surface area contributed by atoms with Crippen LogP contribution in [-0.2, 0) is 11.8 Å². The number of rotatable bonds is 7. The van der Waals surface area contributed by atoms with Gasteiger partial charge in [0.2, 0.25) is 5.91 Å². The lowest BCUT2D eigenvalue weighted by molar-refractivity contribution is -0.113. The highest BCUT2D eigenvalue weighted by atomic mass is 35.5. The molecular formula is C21H23ClN4OS. The Hall–Kier alpha value is -2.31. The number of thioether (sulfide) groups is 1. The van der Waals surface area contributed by atoms with Gasteiger partial charge in [0.15, 0.2) is 11.0 Å². The molecule has 146 valence electrons. The summed E-state index contributed by atoms with van der Waals surface area (Å²) in [6.07, 6.45) is 1.02. The van der Waals surface area contributed by atoms with Crippen LogP contribution in [0.25, 0.3) is 11.4 Å². The summed E-state index contributed by atoms with van der Waals surface area (Å²) in [5, 5.41) is 12.8. The number of benzene rings is 2. The van der Waals surface area contributed by atoms with Gasteiger partial charge >= 0.3 is 0 Å². The smallest absolute Gasteiger partial charge is 0.234 e. The van der Waals surface area contributed by atoms with Crippen LogP contribution in [0.4, 0.5) is 5.69 Å². The molecule has 3 rings (SSSR count). The molecular weight excluding hydrogens is 392 g/mol. The molecule has 0 bridgehead atoms. The van der Waals surface area contributed by atoms with Crippen molar-refractivity contribution in [2.45, 2.75) is 31.3 Å². The van der Waals surface area contributed by atoms with E-state index < -0.39 is 0 Å². The van der Waals surface area contributed by atoms with Crippen molar-refractivity contribution in [3.8, 4) is 11.4 Å². The highest BCUT2D eigenvalue weighted by Gasteiger charge is 2.16. The van der Waals surface area contributed by atoms with E-state index >= 15 is 0 Å². The Morgan fingerprint density at radius 3 is 2.64 bits per heavy atom. The average molecular weight is 415 g/mol. The summed E-state index contributed by atoms with van der Waals surface area (Å²) in [5.41, 5.74) is 2.85. The number of carbonyl (C=O) groups is 1. The largest absolute Gasteiger partial charge is 0.325 e. The number of aromatic nitrogens is 3. The Bertz CT molecular complexity index is 973. The van der Waals surface area contributed by atoms with E-state index in [0.717, 1.165) is 23.2 Å². The fraction of sp³-hybridized carbons (Fsp3) is 0.286. The molecule has 0 aliphatic rings. The van der Waals surface area contributed by atoms with Gasteiger partial charge in [-0.15, -0.1) is 10.2 Å². The first-order valence-corrected chi connectivity index (χ1v) is 10.5. The van der Waals surface area contributed by atoms with E-state index in [0.29, 0.717) is 21.9 Å². The van der Waals surface area contributed by atoms with E-state index in [1.54, 1.807) is 0 Å². The third-order valence-corrected chi connectivity index (χ3v) is 6.01. The van der Waals surface area contributed by atoms with Gasteiger partial charge in [-0.05, 0) is 36.1 Å². The van der Waals surface area contributed by atoms with Crippen molar-refractivity contribution in [2.24, 2.45) is 7.05 Å². The molecule has 0 fully saturated rings. The lowest BCUT2D eigenvalue weighted by atomic mass is 9.97. The molecule has 1 atom stereocenters. The number of para-hydroxylation sites is 1. The molecule has 2 aromatic carbocycles. The number of amides is 1. The van der Waals surface area contributed by atoms with Crippen LogP contribution in [0.2, 0.25) is 5.02 Å². The molecule has 1 aromatic heterocycles. The zero-order valence-electron chi connectivity index (χ0n) is 16.1. The zero-order valence-corrected chi connectivity index (χ0v) is 17.7. The number of halogens is 1. The van der Waals surface area contributed by atoms with Crippen molar-refractivity contribution in [1.82, 2.24) is 14.8 Å². The van der Waals surface area contributed by atoms with Crippen LogP contribution in [-0.4, -0.2) is 26.4 Å². The van der Waals surface area contributed by atoms with Gasteiger partial charge in [-0.1, -0.05) is 67.5 Å². The molecule has 3 aromatic rings. The predicted molar refractivity (Wildman–Crippen MR) is 116 cm³/mol. The van der Waals surface area contributed by atoms with Gasteiger partial charge in [-0.3, -0.25) is 4.79 Å². The molecule has 1 N–H and O–H groups in total. The van der Waals surface area contributed by atoms with Crippen molar-refractivity contribution < 1.29 is 4.79 Å². The average Bonchev–Trinajstić information content (AvgIpc) is 3.07. The van der Waals surface area contributed by atoms with E-state index in [1.165, 1.54) is 11.8 Å². The van der Waals surface area contributed by atoms with Gasteiger partial charge in [0.1, 0.15) is 0 Å². The van der Waals surface area contributed by atoms with Crippen LogP contribution >= 0.6 is 23.4 Å². The van der Waals surface area contributed by atoms with Crippen molar-refractivity contribution in [2.75, 3.05) is 11.1 Å². The number of hydrogen-bond acceptors (Lipinski definition) is 4. The molecule has 0 saturated heterocycles.